The fraction of sp³-hybridized carbons (Fsp3) is 0.357. The summed E-state index contributed by atoms with van der Waals surface area (Å²) in [4.78, 5) is 14.3. The first-order valence-corrected chi connectivity index (χ1v) is 8.44. The highest BCUT2D eigenvalue weighted by Gasteiger charge is 2.44. The molecule has 0 saturated carbocycles. The molecule has 7 nitrogen and oxygen atoms in total. The van der Waals surface area contributed by atoms with Gasteiger partial charge in [0.1, 0.15) is 22.4 Å². The molecule has 1 aliphatic rings. The first-order valence-electron chi connectivity index (χ1n) is 6.73. The Kier molecular flexibility index (Phi) is 4.25. The fourth-order valence-electron chi connectivity index (χ4n) is 2.66. The van der Waals surface area contributed by atoms with Crippen molar-refractivity contribution in [3.63, 3.8) is 0 Å². The van der Waals surface area contributed by atoms with E-state index >= 15 is 0 Å². The summed E-state index contributed by atoms with van der Waals surface area (Å²) < 4.78 is 39.0. The molecule has 1 aromatic rings. The number of allylic oxidation sites excluding steroid dienone is 1. The van der Waals surface area contributed by atoms with E-state index in [1.165, 1.54) is 13.0 Å². The number of nitro groups is 1. The van der Waals surface area contributed by atoms with Gasteiger partial charge in [0, 0.05) is 17.7 Å². The van der Waals surface area contributed by atoms with Gasteiger partial charge in [0.05, 0.1) is 10.7 Å². The van der Waals surface area contributed by atoms with Crippen molar-refractivity contribution in [3.8, 4) is 0 Å². The smallest absolute Gasteiger partial charge is 0.270 e. The summed E-state index contributed by atoms with van der Waals surface area (Å²) in [5.41, 5.74) is 3.73. The number of nitro benzene ring substituents is 1. The zero-order chi connectivity index (χ0) is 17.4. The van der Waals surface area contributed by atoms with E-state index < -0.39 is 37.1 Å². The first kappa shape index (κ1) is 17.1. The van der Waals surface area contributed by atoms with E-state index in [1.807, 2.05) is 0 Å². The molecule has 0 radical (unpaired) electrons. The Labute approximate surface area is 132 Å². The molecule has 0 aliphatic carbocycles. The second kappa shape index (κ2) is 5.73. The van der Waals surface area contributed by atoms with Crippen LogP contribution in [0.25, 0.3) is 0 Å². The molecule has 0 saturated heterocycles. The average Bonchev–Trinajstić information content (AvgIpc) is 2.42. The zero-order valence-electron chi connectivity index (χ0n) is 12.4. The number of nitrogens with zero attached hydrogens (tertiary/aromatic N) is 2. The topological polar surface area (TPSA) is 116 Å². The summed E-state index contributed by atoms with van der Waals surface area (Å²) in [6, 6.07) is 2.93. The first-order chi connectivity index (χ1) is 10.6. The van der Waals surface area contributed by atoms with Crippen LogP contribution in [0.15, 0.2) is 35.8 Å². The van der Waals surface area contributed by atoms with E-state index in [4.69, 9.17) is 5.73 Å². The Balaban J connectivity index is 2.62. The number of halogens is 1. The lowest BCUT2D eigenvalue weighted by atomic mass is 9.93. The Hall–Kier alpha value is -2.29. The van der Waals surface area contributed by atoms with Gasteiger partial charge in [0.25, 0.3) is 5.69 Å². The molecule has 0 spiro atoms. The van der Waals surface area contributed by atoms with Crippen molar-refractivity contribution in [1.82, 2.24) is 0 Å². The van der Waals surface area contributed by atoms with E-state index in [2.05, 4.69) is 11.6 Å². The maximum atomic E-state index is 14.1. The van der Waals surface area contributed by atoms with E-state index in [9.17, 15) is 22.9 Å². The van der Waals surface area contributed by atoms with Crippen LogP contribution >= 0.6 is 0 Å². The van der Waals surface area contributed by atoms with Crippen molar-refractivity contribution in [2.45, 2.75) is 24.1 Å². The van der Waals surface area contributed by atoms with E-state index in [0.29, 0.717) is 0 Å². The van der Waals surface area contributed by atoms with Crippen LogP contribution in [0.2, 0.25) is 0 Å². The second-order valence-electron chi connectivity index (χ2n) is 5.55. The van der Waals surface area contributed by atoms with Crippen molar-refractivity contribution in [2.75, 3.05) is 5.75 Å². The lowest BCUT2D eigenvalue weighted by Crippen LogP contribution is -2.48. The third-order valence-corrected chi connectivity index (χ3v) is 6.01. The molecule has 1 aromatic carbocycles. The Morgan fingerprint density at radius 1 is 1.61 bits per heavy atom. The summed E-state index contributed by atoms with van der Waals surface area (Å²) in [6.07, 6.45) is 1.52. The summed E-state index contributed by atoms with van der Waals surface area (Å²) in [5.74, 6) is -1.41. The maximum Gasteiger partial charge on any atom is 0.270 e. The molecule has 9 heteroatoms. The predicted molar refractivity (Wildman–Crippen MR) is 84.4 cm³/mol. The monoisotopic (exact) mass is 341 g/mol. The number of aliphatic imine (C=N–C) groups is 1. The van der Waals surface area contributed by atoms with Crippen LogP contribution in [0.1, 0.15) is 18.9 Å². The van der Waals surface area contributed by atoms with Crippen LogP contribution in [0.4, 0.5) is 10.1 Å². The van der Waals surface area contributed by atoms with Gasteiger partial charge in [0.15, 0.2) is 9.84 Å². The third-order valence-electron chi connectivity index (χ3n) is 3.74. The van der Waals surface area contributed by atoms with E-state index in [-0.39, 0.29) is 23.5 Å². The van der Waals surface area contributed by atoms with E-state index in [1.54, 1.807) is 0 Å². The number of sulfone groups is 1. The highest BCUT2D eigenvalue weighted by Crippen LogP contribution is 2.36. The fourth-order valence-corrected chi connectivity index (χ4v) is 4.72. The number of rotatable bonds is 4. The van der Waals surface area contributed by atoms with Gasteiger partial charge in [0.2, 0.25) is 0 Å². The molecule has 0 fully saturated rings. The van der Waals surface area contributed by atoms with Crippen molar-refractivity contribution in [1.29, 1.82) is 0 Å². The van der Waals surface area contributed by atoms with Crippen LogP contribution in [-0.2, 0) is 15.4 Å². The van der Waals surface area contributed by atoms with Gasteiger partial charge in [-0.05, 0) is 19.4 Å². The summed E-state index contributed by atoms with van der Waals surface area (Å²) in [6.45, 7) is 4.88. The van der Waals surface area contributed by atoms with Crippen molar-refractivity contribution in [3.05, 3.63) is 52.3 Å². The standard InChI is InChI=1S/C14H16FN3O4S/c1-3-4-12-13(16)17-14(2,8-23(12,21)22)10-7-9(18(19)20)5-6-11(10)15/h3,5-7,12H,1,4,8H2,2H3,(H2,16,17)/t12-,14+/m1/s1. The molecule has 1 heterocycles. The molecule has 23 heavy (non-hydrogen) atoms. The molecule has 0 bridgehead atoms. The molecule has 0 amide bonds. The van der Waals surface area contributed by atoms with Crippen LogP contribution in [0, 0.1) is 15.9 Å². The molecule has 1 aliphatic heterocycles. The van der Waals surface area contributed by atoms with Crippen molar-refractivity contribution in [2.24, 2.45) is 10.7 Å². The predicted octanol–water partition coefficient (Wildman–Crippen LogP) is 1.68. The molecule has 2 N–H and O–H groups in total. The molecule has 0 unspecified atom stereocenters. The summed E-state index contributed by atoms with van der Waals surface area (Å²) in [7, 11) is -3.70. The van der Waals surface area contributed by atoms with Gasteiger partial charge in [-0.15, -0.1) is 6.58 Å². The van der Waals surface area contributed by atoms with Crippen LogP contribution in [0.3, 0.4) is 0 Å². The highest BCUT2D eigenvalue weighted by molar-refractivity contribution is 7.92. The number of benzene rings is 1. The highest BCUT2D eigenvalue weighted by atomic mass is 32.2. The van der Waals surface area contributed by atoms with Crippen LogP contribution in [0.5, 0.6) is 0 Å². The van der Waals surface area contributed by atoms with Gasteiger partial charge in [-0.2, -0.15) is 0 Å². The third kappa shape index (κ3) is 3.09. The number of nitrogens with two attached hydrogens (primary N) is 1. The minimum Gasteiger partial charge on any atom is -0.386 e. The van der Waals surface area contributed by atoms with Gasteiger partial charge in [-0.25, -0.2) is 12.8 Å². The molecule has 2 atom stereocenters. The molecular weight excluding hydrogens is 325 g/mol. The average molecular weight is 341 g/mol. The molecule has 0 aromatic heterocycles. The SMILES string of the molecule is C=CC[C@@H]1C(N)=N[C@](C)(c2cc([N+](=O)[O-])ccc2F)CS1(=O)=O. The van der Waals surface area contributed by atoms with Gasteiger partial charge >= 0.3 is 0 Å². The molecular formula is C14H16FN3O4S. The summed E-state index contributed by atoms with van der Waals surface area (Å²) in [5, 5.41) is 9.87. The molecule has 124 valence electrons. The Morgan fingerprint density at radius 2 is 2.26 bits per heavy atom. The van der Waals surface area contributed by atoms with Gasteiger partial charge in [-0.3, -0.25) is 15.1 Å². The van der Waals surface area contributed by atoms with Crippen LogP contribution in [-0.4, -0.2) is 30.2 Å². The number of hydrogen-bond acceptors (Lipinski definition) is 6. The zero-order valence-corrected chi connectivity index (χ0v) is 13.2. The minimum absolute atomic E-state index is 0.102. The maximum absolute atomic E-state index is 14.1. The van der Waals surface area contributed by atoms with Crippen LogP contribution < -0.4 is 5.73 Å². The largest absolute Gasteiger partial charge is 0.386 e. The lowest BCUT2D eigenvalue weighted by Gasteiger charge is -2.33. The Bertz CT molecular complexity index is 806. The number of non-ortho nitro benzene ring substituents is 1. The number of hydrogen-bond donors (Lipinski definition) is 1. The van der Waals surface area contributed by atoms with Crippen molar-refractivity contribution < 1.29 is 17.7 Å². The minimum atomic E-state index is -3.70. The summed E-state index contributed by atoms with van der Waals surface area (Å²) >= 11 is 0. The normalized spacial score (nSPS) is 26.3. The second-order valence-corrected chi connectivity index (χ2v) is 7.74. The van der Waals surface area contributed by atoms with E-state index in [0.717, 1.165) is 18.2 Å². The lowest BCUT2D eigenvalue weighted by molar-refractivity contribution is -0.385. The molecule has 2 rings (SSSR count). The Morgan fingerprint density at radius 3 is 2.78 bits per heavy atom. The number of amidine groups is 1. The van der Waals surface area contributed by atoms with Gasteiger partial charge < -0.3 is 5.73 Å². The quantitative estimate of drug-likeness (QED) is 0.508. The van der Waals surface area contributed by atoms with Gasteiger partial charge in [-0.1, -0.05) is 6.08 Å². The van der Waals surface area contributed by atoms with Crippen molar-refractivity contribution >= 4 is 21.4 Å².